The molecule has 5 heteroatoms. The van der Waals surface area contributed by atoms with Crippen molar-refractivity contribution in [3.8, 4) is 0 Å². The molecule has 5 nitrogen and oxygen atoms in total. The summed E-state index contributed by atoms with van der Waals surface area (Å²) in [7, 11) is 2.20. The van der Waals surface area contributed by atoms with Gasteiger partial charge in [0.1, 0.15) is 5.54 Å². The van der Waals surface area contributed by atoms with Gasteiger partial charge in [0.05, 0.1) is 6.54 Å². The molecule has 4 rings (SSSR count). The molecule has 0 N–H and O–H groups in total. The number of amides is 3. The molecule has 0 aliphatic carbocycles. The number of imide groups is 1. The fraction of sp³-hybridized carbons (Fsp3) is 0.517. The fourth-order valence-electron chi connectivity index (χ4n) is 6.40. The van der Waals surface area contributed by atoms with Crippen LogP contribution in [0.25, 0.3) is 0 Å². The summed E-state index contributed by atoms with van der Waals surface area (Å²) in [5, 5.41) is 0. The monoisotopic (exact) mass is 461 g/mol. The second kappa shape index (κ2) is 8.84. The number of rotatable bonds is 6. The van der Waals surface area contributed by atoms with Crippen LogP contribution in [0.2, 0.25) is 0 Å². The zero-order valence-electron chi connectivity index (χ0n) is 21.5. The van der Waals surface area contributed by atoms with Gasteiger partial charge in [-0.3, -0.25) is 14.6 Å². The van der Waals surface area contributed by atoms with Gasteiger partial charge >= 0.3 is 6.03 Å². The lowest BCUT2D eigenvalue weighted by molar-refractivity contribution is -0.163. The highest BCUT2D eigenvalue weighted by Gasteiger charge is 2.68. The molecule has 0 bridgehead atoms. The normalized spacial score (nSPS) is 32.1. The maximum absolute atomic E-state index is 14.5. The van der Waals surface area contributed by atoms with Gasteiger partial charge in [0, 0.05) is 23.5 Å². The zero-order chi connectivity index (χ0) is 24.7. The number of benzene rings is 2. The number of urea groups is 1. The summed E-state index contributed by atoms with van der Waals surface area (Å²) < 4.78 is 0. The lowest BCUT2D eigenvalue weighted by Gasteiger charge is -2.63. The quantitative estimate of drug-likeness (QED) is 0.519. The Morgan fingerprint density at radius 1 is 0.853 bits per heavy atom. The number of likely N-dealkylation sites (tertiary alicyclic amines) is 1. The van der Waals surface area contributed by atoms with Gasteiger partial charge in [0.25, 0.3) is 5.91 Å². The number of carbonyl (C=O) groups is 2. The summed E-state index contributed by atoms with van der Waals surface area (Å²) in [5.74, 6) is -0.0761. The van der Waals surface area contributed by atoms with Crippen molar-refractivity contribution < 1.29 is 9.59 Å². The van der Waals surface area contributed by atoms with Crippen LogP contribution in [-0.2, 0) is 17.9 Å². The third kappa shape index (κ3) is 3.56. The molecule has 4 atom stereocenters. The molecule has 1 spiro atoms. The van der Waals surface area contributed by atoms with E-state index in [2.05, 4.69) is 46.6 Å². The molecule has 2 aliphatic heterocycles. The first-order valence-corrected chi connectivity index (χ1v) is 12.6. The number of carbonyl (C=O) groups excluding carboxylic acids is 2. The second-order valence-corrected chi connectivity index (χ2v) is 10.7. The van der Waals surface area contributed by atoms with E-state index in [1.807, 2.05) is 65.6 Å². The summed E-state index contributed by atoms with van der Waals surface area (Å²) in [6.45, 7) is 11.8. The zero-order valence-corrected chi connectivity index (χ0v) is 21.5. The van der Waals surface area contributed by atoms with Crippen LogP contribution in [0.4, 0.5) is 4.79 Å². The van der Waals surface area contributed by atoms with E-state index in [4.69, 9.17) is 0 Å². The van der Waals surface area contributed by atoms with Crippen LogP contribution in [0, 0.1) is 5.92 Å². The van der Waals surface area contributed by atoms with Crippen LogP contribution in [-0.4, -0.2) is 50.3 Å². The fourth-order valence-corrected chi connectivity index (χ4v) is 6.40. The molecular weight excluding hydrogens is 422 g/mol. The van der Waals surface area contributed by atoms with Crippen molar-refractivity contribution in [1.82, 2.24) is 14.7 Å². The van der Waals surface area contributed by atoms with Gasteiger partial charge < -0.3 is 4.90 Å². The average molecular weight is 462 g/mol. The van der Waals surface area contributed by atoms with Crippen molar-refractivity contribution in [2.24, 2.45) is 5.92 Å². The molecule has 2 aromatic rings. The Hall–Kier alpha value is -2.66. The van der Waals surface area contributed by atoms with Gasteiger partial charge in [-0.15, -0.1) is 0 Å². The van der Waals surface area contributed by atoms with Crippen LogP contribution in [0.1, 0.15) is 65.0 Å². The summed E-state index contributed by atoms with van der Waals surface area (Å²) >= 11 is 0. The van der Waals surface area contributed by atoms with Crippen molar-refractivity contribution in [3.05, 3.63) is 71.8 Å². The van der Waals surface area contributed by atoms with Gasteiger partial charge in [0.15, 0.2) is 0 Å². The topological polar surface area (TPSA) is 43.9 Å². The number of hydrogen-bond donors (Lipinski definition) is 0. The standard InChI is InChI=1S/C29H39N3O2/c1-7-27(4)21-29(22(3)28(5,8-2)30(27)6)25(33)31(19-23-15-11-9-12-16-23)26(34)32(29)20-24-17-13-10-14-18-24/h9-18,22H,7-8,19-21H2,1-6H3. The van der Waals surface area contributed by atoms with Gasteiger partial charge in [-0.25, -0.2) is 4.79 Å². The minimum Gasteiger partial charge on any atom is -0.305 e. The van der Waals surface area contributed by atoms with Crippen molar-refractivity contribution >= 4 is 11.9 Å². The van der Waals surface area contributed by atoms with E-state index in [-0.39, 0.29) is 28.9 Å². The van der Waals surface area contributed by atoms with Crippen LogP contribution in [0.15, 0.2) is 60.7 Å². The Morgan fingerprint density at radius 3 is 1.88 bits per heavy atom. The Balaban J connectivity index is 1.86. The van der Waals surface area contributed by atoms with Crippen LogP contribution >= 0.6 is 0 Å². The molecule has 0 aromatic heterocycles. The van der Waals surface area contributed by atoms with Crippen molar-refractivity contribution in [1.29, 1.82) is 0 Å². The average Bonchev–Trinajstić information content (AvgIpc) is 3.04. The first kappa shape index (κ1) is 24.5. The SMILES string of the molecule is CCC1(C)CC2(C(=O)N(Cc3ccccc3)C(=O)N2Cc2ccccc2)C(C)C(C)(CC)N1C. The molecule has 4 unspecified atom stereocenters. The van der Waals surface area contributed by atoms with Gasteiger partial charge in [0.2, 0.25) is 0 Å². The predicted molar refractivity (Wildman–Crippen MR) is 136 cm³/mol. The highest BCUT2D eigenvalue weighted by molar-refractivity contribution is 6.07. The predicted octanol–water partition coefficient (Wildman–Crippen LogP) is 5.70. The number of piperidine rings is 1. The maximum atomic E-state index is 14.5. The maximum Gasteiger partial charge on any atom is 0.328 e. The number of nitrogens with zero attached hydrogens (tertiary/aromatic N) is 3. The largest absolute Gasteiger partial charge is 0.328 e. The second-order valence-electron chi connectivity index (χ2n) is 10.7. The van der Waals surface area contributed by atoms with Crippen LogP contribution in [0.5, 0.6) is 0 Å². The summed E-state index contributed by atoms with van der Waals surface area (Å²) in [4.78, 5) is 34.4. The molecule has 182 valence electrons. The van der Waals surface area contributed by atoms with Gasteiger partial charge in [-0.2, -0.15) is 0 Å². The summed E-state index contributed by atoms with van der Waals surface area (Å²) in [5.41, 5.74) is 0.704. The molecule has 2 aromatic carbocycles. The lowest BCUT2D eigenvalue weighted by Crippen LogP contribution is -2.74. The first-order valence-electron chi connectivity index (χ1n) is 12.6. The Labute approximate surface area is 204 Å². The molecular formula is C29H39N3O2. The molecule has 0 saturated carbocycles. The number of hydrogen-bond acceptors (Lipinski definition) is 3. The van der Waals surface area contributed by atoms with E-state index in [9.17, 15) is 9.59 Å². The van der Waals surface area contributed by atoms with Crippen molar-refractivity contribution in [2.45, 2.75) is 83.6 Å². The Bertz CT molecular complexity index is 1040. The molecule has 34 heavy (non-hydrogen) atoms. The van der Waals surface area contributed by atoms with Crippen LogP contribution in [0.3, 0.4) is 0 Å². The van der Waals surface area contributed by atoms with Gasteiger partial charge in [-0.05, 0) is 51.3 Å². The van der Waals surface area contributed by atoms with E-state index in [0.29, 0.717) is 19.5 Å². The van der Waals surface area contributed by atoms with E-state index in [1.54, 1.807) is 0 Å². The molecule has 2 fully saturated rings. The highest BCUT2D eigenvalue weighted by Crippen LogP contribution is 2.54. The van der Waals surface area contributed by atoms with Crippen molar-refractivity contribution in [2.75, 3.05) is 7.05 Å². The highest BCUT2D eigenvalue weighted by atomic mass is 16.2. The van der Waals surface area contributed by atoms with Crippen molar-refractivity contribution in [3.63, 3.8) is 0 Å². The Kier molecular flexibility index (Phi) is 6.36. The Morgan fingerprint density at radius 2 is 1.38 bits per heavy atom. The van der Waals surface area contributed by atoms with Crippen LogP contribution < -0.4 is 0 Å². The van der Waals surface area contributed by atoms with Gasteiger partial charge in [-0.1, -0.05) is 81.4 Å². The molecule has 2 heterocycles. The molecule has 2 aliphatic rings. The van der Waals surface area contributed by atoms with E-state index < -0.39 is 5.54 Å². The smallest absolute Gasteiger partial charge is 0.305 e. The van der Waals surface area contributed by atoms with E-state index in [1.165, 1.54) is 4.90 Å². The first-order chi connectivity index (χ1) is 16.1. The molecule has 0 radical (unpaired) electrons. The lowest BCUT2D eigenvalue weighted by atomic mass is 9.59. The van der Waals surface area contributed by atoms with E-state index in [0.717, 1.165) is 24.0 Å². The molecule has 3 amide bonds. The minimum absolute atomic E-state index is 0.0319. The third-order valence-electron chi connectivity index (χ3n) is 9.28. The summed E-state index contributed by atoms with van der Waals surface area (Å²) in [6.07, 6.45) is 2.45. The minimum atomic E-state index is -0.885. The molecule has 2 saturated heterocycles. The summed E-state index contributed by atoms with van der Waals surface area (Å²) in [6, 6.07) is 19.7. The van der Waals surface area contributed by atoms with E-state index >= 15 is 0 Å². The third-order valence-corrected chi connectivity index (χ3v) is 9.28.